The van der Waals surface area contributed by atoms with Crippen LogP contribution in [0.5, 0.6) is 0 Å². The summed E-state index contributed by atoms with van der Waals surface area (Å²) in [6, 6.07) is 3.81. The van der Waals surface area contributed by atoms with E-state index in [1.54, 1.807) is 23.4 Å². The van der Waals surface area contributed by atoms with Gasteiger partial charge in [0.15, 0.2) is 5.13 Å². The number of anilines is 1. The Morgan fingerprint density at radius 3 is 2.78 bits per heavy atom. The number of hydrogen-bond acceptors (Lipinski definition) is 7. The minimum Gasteiger partial charge on any atom is -0.302 e. The van der Waals surface area contributed by atoms with E-state index in [0.717, 1.165) is 36.9 Å². The number of pyridine rings is 1. The quantitative estimate of drug-likeness (QED) is 0.702. The number of carbonyl (C=O) groups excluding carboxylic acids is 1. The number of hydrogen-bond donors (Lipinski definition) is 1. The molecule has 9 heteroatoms. The molecule has 1 N–H and O–H groups in total. The highest BCUT2D eigenvalue weighted by atomic mass is 32.1. The molecule has 0 aromatic carbocycles. The smallest absolute Gasteiger partial charge is 0.226 e. The van der Waals surface area contributed by atoms with Crippen LogP contribution in [0.4, 0.5) is 5.13 Å². The van der Waals surface area contributed by atoms with Crippen LogP contribution in [0.25, 0.3) is 11.3 Å². The Morgan fingerprint density at radius 2 is 2.04 bits per heavy atom. The van der Waals surface area contributed by atoms with E-state index in [9.17, 15) is 4.79 Å². The van der Waals surface area contributed by atoms with E-state index in [1.165, 1.54) is 17.8 Å². The second-order valence-electron chi connectivity index (χ2n) is 7.07. The summed E-state index contributed by atoms with van der Waals surface area (Å²) in [5.74, 6) is 0.000558. The van der Waals surface area contributed by atoms with E-state index in [0.29, 0.717) is 18.1 Å². The number of carbonyl (C=O) groups is 1. The molecule has 1 saturated carbocycles. The van der Waals surface area contributed by atoms with Crippen molar-refractivity contribution in [1.29, 1.82) is 0 Å². The number of nitrogens with zero attached hydrogens (tertiary/aromatic N) is 6. The Labute approximate surface area is 161 Å². The SMILES string of the molecule is O=C(CC1(Cn2cnnn2)CCCCC1)Nc1nc(-c2ccncc2)cs1. The van der Waals surface area contributed by atoms with Crippen molar-refractivity contribution in [2.75, 3.05) is 5.32 Å². The Morgan fingerprint density at radius 1 is 1.22 bits per heavy atom. The van der Waals surface area contributed by atoms with Crippen molar-refractivity contribution in [3.05, 3.63) is 36.2 Å². The molecule has 140 valence electrons. The summed E-state index contributed by atoms with van der Waals surface area (Å²) >= 11 is 1.44. The summed E-state index contributed by atoms with van der Waals surface area (Å²) < 4.78 is 1.74. The van der Waals surface area contributed by atoms with Crippen molar-refractivity contribution < 1.29 is 4.79 Å². The third kappa shape index (κ3) is 4.36. The van der Waals surface area contributed by atoms with E-state index < -0.39 is 0 Å². The fourth-order valence-electron chi connectivity index (χ4n) is 3.78. The van der Waals surface area contributed by atoms with Crippen molar-refractivity contribution in [3.8, 4) is 11.3 Å². The normalized spacial score (nSPS) is 16.1. The predicted molar refractivity (Wildman–Crippen MR) is 102 cm³/mol. The first-order chi connectivity index (χ1) is 13.2. The van der Waals surface area contributed by atoms with Gasteiger partial charge in [0.05, 0.1) is 12.2 Å². The fourth-order valence-corrected chi connectivity index (χ4v) is 4.52. The van der Waals surface area contributed by atoms with Crippen molar-refractivity contribution in [3.63, 3.8) is 0 Å². The van der Waals surface area contributed by atoms with Gasteiger partial charge in [-0.3, -0.25) is 9.78 Å². The van der Waals surface area contributed by atoms with Gasteiger partial charge in [0.25, 0.3) is 0 Å². The first-order valence-electron chi connectivity index (χ1n) is 9.09. The number of aromatic nitrogens is 6. The molecule has 8 nitrogen and oxygen atoms in total. The second-order valence-corrected chi connectivity index (χ2v) is 7.92. The molecule has 1 aliphatic rings. The second kappa shape index (κ2) is 7.91. The van der Waals surface area contributed by atoms with Crippen LogP contribution < -0.4 is 5.32 Å². The van der Waals surface area contributed by atoms with E-state index in [2.05, 4.69) is 30.8 Å². The fraction of sp³-hybridized carbons (Fsp3) is 0.444. The minimum atomic E-state index is -0.0943. The Hall–Kier alpha value is -2.68. The van der Waals surface area contributed by atoms with Gasteiger partial charge in [0.2, 0.25) is 5.91 Å². The molecular weight excluding hydrogens is 362 g/mol. The Bertz CT molecular complexity index is 872. The predicted octanol–water partition coefficient (Wildman–Crippen LogP) is 3.17. The largest absolute Gasteiger partial charge is 0.302 e. The molecular formula is C18H21N7OS. The Kier molecular flexibility index (Phi) is 5.19. The molecule has 3 aromatic heterocycles. The molecule has 0 saturated heterocycles. The van der Waals surface area contributed by atoms with E-state index in [1.807, 2.05) is 17.5 Å². The summed E-state index contributed by atoms with van der Waals surface area (Å²) in [5, 5.41) is 17.0. The van der Waals surface area contributed by atoms with Crippen molar-refractivity contribution >= 4 is 22.4 Å². The third-order valence-electron chi connectivity index (χ3n) is 5.07. The maximum atomic E-state index is 12.7. The van der Waals surface area contributed by atoms with E-state index >= 15 is 0 Å². The first-order valence-corrected chi connectivity index (χ1v) is 9.97. The van der Waals surface area contributed by atoms with Crippen LogP contribution in [0.3, 0.4) is 0 Å². The van der Waals surface area contributed by atoms with Crippen LogP contribution in [-0.4, -0.2) is 36.1 Å². The lowest BCUT2D eigenvalue weighted by Crippen LogP contribution is -2.34. The van der Waals surface area contributed by atoms with Crippen molar-refractivity contribution in [2.45, 2.75) is 45.1 Å². The summed E-state index contributed by atoms with van der Waals surface area (Å²) in [6.45, 7) is 0.674. The van der Waals surface area contributed by atoms with Gasteiger partial charge >= 0.3 is 0 Å². The average Bonchev–Trinajstić information content (AvgIpc) is 3.35. The van der Waals surface area contributed by atoms with Crippen LogP contribution in [0.2, 0.25) is 0 Å². The molecule has 0 unspecified atom stereocenters. The van der Waals surface area contributed by atoms with Gasteiger partial charge in [0, 0.05) is 29.8 Å². The molecule has 0 aliphatic heterocycles. The number of amides is 1. The number of nitrogens with one attached hydrogen (secondary N) is 1. The number of thiazole rings is 1. The van der Waals surface area contributed by atoms with Crippen molar-refractivity contribution in [2.24, 2.45) is 5.41 Å². The zero-order valence-electron chi connectivity index (χ0n) is 14.9. The monoisotopic (exact) mass is 383 g/mol. The van der Waals surface area contributed by atoms with Gasteiger partial charge in [-0.05, 0) is 40.8 Å². The molecule has 27 heavy (non-hydrogen) atoms. The molecule has 1 aliphatic carbocycles. The lowest BCUT2D eigenvalue weighted by Gasteiger charge is -2.36. The zero-order valence-corrected chi connectivity index (χ0v) is 15.7. The lowest BCUT2D eigenvalue weighted by molar-refractivity contribution is -0.119. The van der Waals surface area contributed by atoms with Gasteiger partial charge in [-0.2, -0.15) is 0 Å². The van der Waals surface area contributed by atoms with Gasteiger partial charge < -0.3 is 5.32 Å². The molecule has 1 amide bonds. The van der Waals surface area contributed by atoms with Gasteiger partial charge in [0.1, 0.15) is 6.33 Å². The molecule has 3 heterocycles. The van der Waals surface area contributed by atoms with Crippen LogP contribution in [0, 0.1) is 5.41 Å². The number of rotatable bonds is 6. The summed E-state index contributed by atoms with van der Waals surface area (Å²) in [4.78, 5) is 21.3. The van der Waals surface area contributed by atoms with Crippen molar-refractivity contribution in [1.82, 2.24) is 30.2 Å². The lowest BCUT2D eigenvalue weighted by atomic mass is 9.71. The standard InChI is InChI=1S/C18H21N7OS/c26-16(22-17-21-15(11-27-17)14-4-8-19-9-5-14)10-18(6-2-1-3-7-18)12-25-13-20-23-24-25/h4-5,8-9,11,13H,1-3,6-7,10,12H2,(H,21,22,26). The highest BCUT2D eigenvalue weighted by Gasteiger charge is 2.35. The molecule has 3 aromatic rings. The van der Waals surface area contributed by atoms with Gasteiger partial charge in [-0.25, -0.2) is 9.67 Å². The van der Waals surface area contributed by atoms with E-state index in [4.69, 9.17) is 0 Å². The summed E-state index contributed by atoms with van der Waals surface area (Å²) in [6.07, 6.45) is 11.1. The van der Waals surface area contributed by atoms with Crippen LogP contribution >= 0.6 is 11.3 Å². The van der Waals surface area contributed by atoms with Crippen LogP contribution in [-0.2, 0) is 11.3 Å². The molecule has 4 rings (SSSR count). The minimum absolute atomic E-state index is 0.000558. The van der Waals surface area contributed by atoms with Gasteiger partial charge in [-0.1, -0.05) is 19.3 Å². The number of tetrazole rings is 1. The Balaban J connectivity index is 1.43. The highest BCUT2D eigenvalue weighted by Crippen LogP contribution is 2.41. The topological polar surface area (TPSA) is 98.5 Å². The van der Waals surface area contributed by atoms with Crippen LogP contribution in [0.1, 0.15) is 38.5 Å². The molecule has 0 radical (unpaired) electrons. The molecule has 0 bridgehead atoms. The molecule has 1 fully saturated rings. The summed E-state index contributed by atoms with van der Waals surface area (Å²) in [5.41, 5.74) is 1.74. The summed E-state index contributed by atoms with van der Waals surface area (Å²) in [7, 11) is 0. The zero-order chi connectivity index (χ0) is 18.5. The maximum Gasteiger partial charge on any atom is 0.226 e. The third-order valence-corrected chi connectivity index (χ3v) is 5.82. The molecule has 0 spiro atoms. The maximum absolute atomic E-state index is 12.7. The average molecular weight is 383 g/mol. The van der Waals surface area contributed by atoms with Gasteiger partial charge in [-0.15, -0.1) is 16.4 Å². The van der Waals surface area contributed by atoms with E-state index in [-0.39, 0.29) is 11.3 Å². The highest BCUT2D eigenvalue weighted by molar-refractivity contribution is 7.14. The van der Waals surface area contributed by atoms with Crippen LogP contribution in [0.15, 0.2) is 36.2 Å². The molecule has 0 atom stereocenters. The first kappa shape index (κ1) is 17.7.